The van der Waals surface area contributed by atoms with E-state index >= 15 is 0 Å². The molecule has 0 aliphatic carbocycles. The summed E-state index contributed by atoms with van der Waals surface area (Å²) in [6, 6.07) is 8.41. The minimum absolute atomic E-state index is 0.161. The highest BCUT2D eigenvalue weighted by Gasteiger charge is 2.16. The summed E-state index contributed by atoms with van der Waals surface area (Å²) in [5.41, 5.74) is 1.48. The average Bonchev–Trinajstić information content (AvgIpc) is 2.15. The first-order valence-electron chi connectivity index (χ1n) is 4.92. The van der Waals surface area contributed by atoms with Crippen molar-refractivity contribution in [2.24, 2.45) is 0 Å². The van der Waals surface area contributed by atoms with E-state index < -0.39 is 0 Å². The van der Waals surface area contributed by atoms with Gasteiger partial charge in [-0.1, -0.05) is 45.0 Å². The van der Waals surface area contributed by atoms with E-state index in [2.05, 4.69) is 50.0 Å². The van der Waals surface area contributed by atoms with Gasteiger partial charge in [-0.2, -0.15) is 0 Å². The topological polar surface area (TPSA) is 12.9 Å². The van der Waals surface area contributed by atoms with Crippen LogP contribution >= 0.6 is 0 Å². The number of benzene rings is 1. The summed E-state index contributed by atoms with van der Waals surface area (Å²) in [5, 5.41) is 2.54. The number of aromatic nitrogens is 1. The molecule has 0 spiro atoms. The maximum atomic E-state index is 4.28. The Balaban J connectivity index is 2.78. The van der Waals surface area contributed by atoms with E-state index in [-0.39, 0.29) is 5.41 Å². The van der Waals surface area contributed by atoms with Crippen molar-refractivity contribution in [1.29, 1.82) is 0 Å². The largest absolute Gasteiger partial charge is 0.264 e. The molecule has 0 radical (unpaired) electrons. The highest BCUT2D eigenvalue weighted by molar-refractivity contribution is 5.85. The first-order chi connectivity index (χ1) is 6.59. The number of fused-ring (bicyclic) bond motifs is 1. The van der Waals surface area contributed by atoms with Crippen molar-refractivity contribution in [3.8, 4) is 0 Å². The molecule has 0 unspecified atom stereocenters. The van der Waals surface area contributed by atoms with E-state index in [1.807, 2.05) is 12.4 Å². The summed E-state index contributed by atoms with van der Waals surface area (Å²) in [7, 11) is 0. The molecule has 14 heavy (non-hydrogen) atoms. The normalized spacial score (nSPS) is 11.9. The number of nitrogens with zero attached hydrogens (tertiary/aromatic N) is 1. The van der Waals surface area contributed by atoms with Crippen molar-refractivity contribution < 1.29 is 0 Å². The quantitative estimate of drug-likeness (QED) is 0.611. The lowest BCUT2D eigenvalue weighted by Gasteiger charge is -2.20. The molecule has 1 heteroatoms. The smallest absolute Gasteiger partial charge is 0.0346 e. The molecule has 0 atom stereocenters. The Morgan fingerprint density at radius 1 is 1.00 bits per heavy atom. The lowest BCUT2D eigenvalue weighted by molar-refractivity contribution is 0.593. The Morgan fingerprint density at radius 2 is 1.71 bits per heavy atom. The zero-order valence-electron chi connectivity index (χ0n) is 8.91. The molecule has 2 rings (SSSR count). The fourth-order valence-electron chi connectivity index (χ4n) is 1.71. The van der Waals surface area contributed by atoms with Gasteiger partial charge in [-0.05, 0) is 16.4 Å². The van der Waals surface area contributed by atoms with Crippen molar-refractivity contribution in [1.82, 2.24) is 4.98 Å². The third-order valence-corrected chi connectivity index (χ3v) is 2.48. The number of hydrogen-bond donors (Lipinski definition) is 0. The van der Waals surface area contributed by atoms with Crippen molar-refractivity contribution in [2.45, 2.75) is 26.2 Å². The zero-order valence-corrected chi connectivity index (χ0v) is 8.91. The minimum Gasteiger partial charge on any atom is -0.264 e. The Kier molecular flexibility index (Phi) is 2.03. The molecule has 1 nitrogen and oxygen atoms in total. The molecule has 0 aliphatic rings. The van der Waals surface area contributed by atoms with Gasteiger partial charge in [0.1, 0.15) is 0 Å². The van der Waals surface area contributed by atoms with Gasteiger partial charge in [0, 0.05) is 17.8 Å². The zero-order chi connectivity index (χ0) is 10.2. The molecule has 1 aromatic carbocycles. The summed E-state index contributed by atoms with van der Waals surface area (Å²) >= 11 is 0. The second kappa shape index (κ2) is 3.09. The van der Waals surface area contributed by atoms with Crippen LogP contribution in [0.5, 0.6) is 0 Å². The third-order valence-electron chi connectivity index (χ3n) is 2.48. The van der Waals surface area contributed by atoms with Crippen molar-refractivity contribution in [2.75, 3.05) is 0 Å². The molecule has 2 aromatic rings. The van der Waals surface area contributed by atoms with Crippen molar-refractivity contribution >= 4 is 10.8 Å². The summed E-state index contributed by atoms with van der Waals surface area (Å²) in [6.45, 7) is 6.66. The van der Waals surface area contributed by atoms with Crippen LogP contribution in [0.1, 0.15) is 26.3 Å². The molecular formula is C13H15N. The predicted molar refractivity (Wildman–Crippen MR) is 60.4 cm³/mol. The standard InChI is InChI=1S/C13H15N/c1-13(2,3)12-9-14-8-10-6-4-5-7-11(10)12/h4-9H,1-3H3. The number of rotatable bonds is 0. The van der Waals surface area contributed by atoms with Crippen LogP contribution in [0.4, 0.5) is 0 Å². The van der Waals surface area contributed by atoms with E-state index in [4.69, 9.17) is 0 Å². The monoisotopic (exact) mass is 185 g/mol. The lowest BCUT2D eigenvalue weighted by atomic mass is 9.85. The van der Waals surface area contributed by atoms with Crippen LogP contribution in [-0.2, 0) is 5.41 Å². The molecular weight excluding hydrogens is 170 g/mol. The highest BCUT2D eigenvalue weighted by atomic mass is 14.6. The minimum atomic E-state index is 0.161. The van der Waals surface area contributed by atoms with Gasteiger partial charge < -0.3 is 0 Å². The van der Waals surface area contributed by atoms with E-state index in [1.54, 1.807) is 0 Å². The Labute approximate surface area is 84.8 Å². The average molecular weight is 185 g/mol. The van der Waals surface area contributed by atoms with E-state index in [1.165, 1.54) is 16.3 Å². The van der Waals surface area contributed by atoms with E-state index in [0.29, 0.717) is 0 Å². The molecule has 1 heterocycles. The molecule has 0 fully saturated rings. The highest BCUT2D eigenvalue weighted by Crippen LogP contribution is 2.28. The van der Waals surface area contributed by atoms with Gasteiger partial charge >= 0.3 is 0 Å². The van der Waals surface area contributed by atoms with Crippen LogP contribution in [0.3, 0.4) is 0 Å². The van der Waals surface area contributed by atoms with Gasteiger partial charge in [-0.3, -0.25) is 4.98 Å². The van der Waals surface area contributed by atoms with Crippen molar-refractivity contribution in [3.05, 3.63) is 42.2 Å². The predicted octanol–water partition coefficient (Wildman–Crippen LogP) is 3.53. The van der Waals surface area contributed by atoms with Crippen molar-refractivity contribution in [3.63, 3.8) is 0 Å². The van der Waals surface area contributed by atoms with Crippen LogP contribution in [0, 0.1) is 0 Å². The Bertz CT molecular complexity index is 447. The summed E-state index contributed by atoms with van der Waals surface area (Å²) in [6.07, 6.45) is 3.90. The van der Waals surface area contributed by atoms with E-state index in [0.717, 1.165) is 0 Å². The fourth-order valence-corrected chi connectivity index (χ4v) is 1.71. The molecule has 0 N–H and O–H groups in total. The van der Waals surface area contributed by atoms with Gasteiger partial charge in [0.15, 0.2) is 0 Å². The van der Waals surface area contributed by atoms with Crippen LogP contribution in [0.25, 0.3) is 10.8 Å². The second-order valence-electron chi connectivity index (χ2n) is 4.66. The van der Waals surface area contributed by atoms with Gasteiger partial charge in [-0.15, -0.1) is 0 Å². The molecule has 0 saturated carbocycles. The number of hydrogen-bond acceptors (Lipinski definition) is 1. The Hall–Kier alpha value is -1.37. The number of pyridine rings is 1. The molecule has 1 aromatic heterocycles. The fraction of sp³-hybridized carbons (Fsp3) is 0.308. The molecule has 72 valence electrons. The maximum Gasteiger partial charge on any atom is 0.0346 e. The molecule has 0 aliphatic heterocycles. The van der Waals surface area contributed by atoms with Crippen LogP contribution < -0.4 is 0 Å². The van der Waals surface area contributed by atoms with Crippen LogP contribution in [0.2, 0.25) is 0 Å². The van der Waals surface area contributed by atoms with E-state index in [9.17, 15) is 0 Å². The molecule has 0 amide bonds. The summed E-state index contributed by atoms with van der Waals surface area (Å²) < 4.78 is 0. The SMILES string of the molecule is CC(C)(C)c1cncc2ccccc12. The van der Waals surface area contributed by atoms with Crippen LogP contribution in [0.15, 0.2) is 36.7 Å². The lowest BCUT2D eigenvalue weighted by Crippen LogP contribution is -2.11. The van der Waals surface area contributed by atoms with Gasteiger partial charge in [0.05, 0.1) is 0 Å². The third kappa shape index (κ3) is 1.50. The van der Waals surface area contributed by atoms with Crippen LogP contribution in [-0.4, -0.2) is 4.98 Å². The van der Waals surface area contributed by atoms with Gasteiger partial charge in [0.25, 0.3) is 0 Å². The molecule has 0 bridgehead atoms. The Morgan fingerprint density at radius 3 is 2.43 bits per heavy atom. The van der Waals surface area contributed by atoms with Gasteiger partial charge in [0.2, 0.25) is 0 Å². The summed E-state index contributed by atoms with van der Waals surface area (Å²) in [4.78, 5) is 4.28. The first-order valence-corrected chi connectivity index (χ1v) is 4.92. The first kappa shape index (κ1) is 9.20. The second-order valence-corrected chi connectivity index (χ2v) is 4.66. The van der Waals surface area contributed by atoms with Gasteiger partial charge in [-0.25, -0.2) is 0 Å². The molecule has 0 saturated heterocycles. The maximum absolute atomic E-state index is 4.28. The summed E-state index contributed by atoms with van der Waals surface area (Å²) in [5.74, 6) is 0.